The van der Waals surface area contributed by atoms with Crippen LogP contribution in [0.25, 0.3) is 5.69 Å². The van der Waals surface area contributed by atoms with Gasteiger partial charge in [-0.2, -0.15) is 0 Å². The molecule has 136 valence electrons. The monoisotopic (exact) mass is 372 g/mol. The number of aryl methyl sites for hydroxylation is 1. The highest BCUT2D eigenvalue weighted by molar-refractivity contribution is 7.99. The number of H-pyrrole nitrogens is 1. The molecule has 0 aliphatic carbocycles. The molecular weight excluding hydrogens is 352 g/mol. The van der Waals surface area contributed by atoms with E-state index in [4.69, 9.17) is 0 Å². The van der Waals surface area contributed by atoms with Crippen LogP contribution in [-0.2, 0) is 11.8 Å². The molecule has 0 fully saturated rings. The van der Waals surface area contributed by atoms with Crippen molar-refractivity contribution in [2.45, 2.75) is 25.4 Å². The molecule has 2 N–H and O–H groups in total. The molecule has 0 saturated carbocycles. The number of thioether (sulfide) groups is 1. The van der Waals surface area contributed by atoms with Crippen molar-refractivity contribution in [2.75, 3.05) is 11.1 Å². The molecule has 3 rings (SSSR count). The fourth-order valence-corrected chi connectivity index (χ4v) is 3.32. The molecule has 0 aliphatic heterocycles. The van der Waals surface area contributed by atoms with E-state index in [0.29, 0.717) is 22.3 Å². The number of hydrogen-bond donors (Lipinski definition) is 2. The van der Waals surface area contributed by atoms with Gasteiger partial charge >= 0.3 is 0 Å². The zero-order valence-corrected chi connectivity index (χ0v) is 15.6. The number of nitrogens with one attached hydrogen (secondary N) is 2. The standard InChI is InChI=1S/C17H20N6O2S/c1-11-15(16(25)23(22(11)3)13-7-5-4-6-8-13)19-14(24)9-10-26-17-18-12(2)20-21-17/h4-8H,9-10H2,1-3H3,(H,19,24)(H,18,20,21). The van der Waals surface area contributed by atoms with Gasteiger partial charge in [0, 0.05) is 19.2 Å². The van der Waals surface area contributed by atoms with Crippen molar-refractivity contribution in [1.82, 2.24) is 24.5 Å². The van der Waals surface area contributed by atoms with E-state index >= 15 is 0 Å². The number of aromatic nitrogens is 5. The predicted molar refractivity (Wildman–Crippen MR) is 101 cm³/mol. The fourth-order valence-electron chi connectivity index (χ4n) is 2.54. The molecule has 0 spiro atoms. The first kappa shape index (κ1) is 18.0. The van der Waals surface area contributed by atoms with Gasteiger partial charge in [0.1, 0.15) is 11.5 Å². The number of carbonyl (C=O) groups is 1. The second-order valence-corrected chi connectivity index (χ2v) is 6.85. The molecule has 0 saturated heterocycles. The third kappa shape index (κ3) is 3.72. The van der Waals surface area contributed by atoms with Crippen molar-refractivity contribution in [1.29, 1.82) is 0 Å². The predicted octanol–water partition coefficient (Wildman–Crippen LogP) is 2.03. The van der Waals surface area contributed by atoms with Gasteiger partial charge in [0.25, 0.3) is 5.56 Å². The van der Waals surface area contributed by atoms with Gasteiger partial charge in [0.2, 0.25) is 11.1 Å². The van der Waals surface area contributed by atoms with Crippen molar-refractivity contribution in [3.63, 3.8) is 0 Å². The van der Waals surface area contributed by atoms with Crippen LogP contribution in [0.3, 0.4) is 0 Å². The number of carbonyl (C=O) groups excluding carboxylic acids is 1. The van der Waals surface area contributed by atoms with E-state index < -0.39 is 0 Å². The van der Waals surface area contributed by atoms with Crippen molar-refractivity contribution in [3.05, 3.63) is 52.2 Å². The summed E-state index contributed by atoms with van der Waals surface area (Å²) in [6.45, 7) is 3.63. The Morgan fingerprint density at radius 2 is 2.00 bits per heavy atom. The Balaban J connectivity index is 1.69. The number of nitrogens with zero attached hydrogens (tertiary/aromatic N) is 4. The third-order valence-electron chi connectivity index (χ3n) is 3.96. The maximum absolute atomic E-state index is 12.7. The number of hydrogen-bond acceptors (Lipinski definition) is 5. The normalized spacial score (nSPS) is 10.9. The summed E-state index contributed by atoms with van der Waals surface area (Å²) in [5.74, 6) is 1.05. The third-order valence-corrected chi connectivity index (χ3v) is 4.80. The molecule has 2 heterocycles. The largest absolute Gasteiger partial charge is 0.320 e. The lowest BCUT2D eigenvalue weighted by Gasteiger charge is -2.07. The average molecular weight is 372 g/mol. The maximum Gasteiger partial charge on any atom is 0.295 e. The molecule has 0 radical (unpaired) electrons. The van der Waals surface area contributed by atoms with Crippen LogP contribution in [0.15, 0.2) is 40.3 Å². The number of anilines is 1. The topological polar surface area (TPSA) is 97.6 Å². The number of amides is 1. The summed E-state index contributed by atoms with van der Waals surface area (Å²) < 4.78 is 3.27. The fraction of sp³-hybridized carbons (Fsp3) is 0.294. The van der Waals surface area contributed by atoms with Gasteiger partial charge in [-0.3, -0.25) is 19.4 Å². The van der Waals surface area contributed by atoms with Crippen molar-refractivity contribution in [3.8, 4) is 5.69 Å². The summed E-state index contributed by atoms with van der Waals surface area (Å²) in [4.78, 5) is 29.2. The number of rotatable bonds is 6. The molecule has 0 bridgehead atoms. The van der Waals surface area contributed by atoms with E-state index in [1.807, 2.05) is 44.2 Å². The first-order chi connectivity index (χ1) is 12.5. The maximum atomic E-state index is 12.7. The summed E-state index contributed by atoms with van der Waals surface area (Å²) in [6.07, 6.45) is 0.261. The Hall–Kier alpha value is -2.81. The first-order valence-electron chi connectivity index (χ1n) is 8.13. The van der Waals surface area contributed by atoms with E-state index in [1.54, 1.807) is 11.7 Å². The molecule has 9 heteroatoms. The van der Waals surface area contributed by atoms with E-state index in [2.05, 4.69) is 20.5 Å². The lowest BCUT2D eigenvalue weighted by Crippen LogP contribution is -2.23. The number of benzene rings is 1. The summed E-state index contributed by atoms with van der Waals surface area (Å²) in [5, 5.41) is 10.1. The summed E-state index contributed by atoms with van der Waals surface area (Å²) in [5.41, 5.74) is 1.51. The molecule has 3 aromatic rings. The average Bonchev–Trinajstić information content (AvgIpc) is 3.13. The zero-order chi connectivity index (χ0) is 18.7. The lowest BCUT2D eigenvalue weighted by molar-refractivity contribution is -0.115. The SMILES string of the molecule is Cc1nc(SCCC(=O)Nc2c(C)n(C)n(-c3ccccc3)c2=O)n[nH]1. The van der Waals surface area contributed by atoms with Crippen molar-refractivity contribution in [2.24, 2.45) is 7.05 Å². The summed E-state index contributed by atoms with van der Waals surface area (Å²) in [6, 6.07) is 9.32. The van der Waals surface area contributed by atoms with Gasteiger partial charge in [-0.05, 0) is 26.0 Å². The highest BCUT2D eigenvalue weighted by atomic mass is 32.2. The van der Waals surface area contributed by atoms with Crippen molar-refractivity contribution >= 4 is 23.4 Å². The Labute approximate surface area is 154 Å². The van der Waals surface area contributed by atoms with Crippen molar-refractivity contribution < 1.29 is 4.79 Å². The highest BCUT2D eigenvalue weighted by Crippen LogP contribution is 2.16. The molecule has 8 nitrogen and oxygen atoms in total. The number of para-hydroxylation sites is 1. The molecular formula is C17H20N6O2S. The van der Waals surface area contributed by atoms with Gasteiger partial charge in [-0.1, -0.05) is 30.0 Å². The van der Waals surface area contributed by atoms with E-state index in [1.165, 1.54) is 16.4 Å². The van der Waals surface area contributed by atoms with Crippen LogP contribution < -0.4 is 10.9 Å². The van der Waals surface area contributed by atoms with Gasteiger partial charge in [0.05, 0.1) is 11.4 Å². The Kier molecular flexibility index (Phi) is 5.27. The van der Waals surface area contributed by atoms with Gasteiger partial charge in [-0.15, -0.1) is 5.10 Å². The smallest absolute Gasteiger partial charge is 0.295 e. The minimum atomic E-state index is -0.248. The molecule has 2 aromatic heterocycles. The molecule has 0 unspecified atom stereocenters. The van der Waals surface area contributed by atoms with E-state index in [-0.39, 0.29) is 17.9 Å². The van der Waals surface area contributed by atoms with Crippen LogP contribution in [-0.4, -0.2) is 36.2 Å². The molecule has 26 heavy (non-hydrogen) atoms. The number of aromatic amines is 1. The minimum Gasteiger partial charge on any atom is -0.320 e. The van der Waals surface area contributed by atoms with Crippen LogP contribution >= 0.6 is 11.8 Å². The Morgan fingerprint density at radius 1 is 1.27 bits per heavy atom. The van der Waals surface area contributed by atoms with Crippen LogP contribution in [0.5, 0.6) is 0 Å². The molecule has 0 aliphatic rings. The van der Waals surface area contributed by atoms with Gasteiger partial charge in [-0.25, -0.2) is 9.67 Å². The van der Waals surface area contributed by atoms with Crippen LogP contribution in [0, 0.1) is 13.8 Å². The second-order valence-electron chi connectivity index (χ2n) is 5.79. The zero-order valence-electron chi connectivity index (χ0n) is 14.8. The van der Waals surface area contributed by atoms with Crippen LogP contribution in [0.1, 0.15) is 17.9 Å². The second kappa shape index (κ2) is 7.61. The summed E-state index contributed by atoms with van der Waals surface area (Å²) in [7, 11) is 1.79. The highest BCUT2D eigenvalue weighted by Gasteiger charge is 2.18. The first-order valence-corrected chi connectivity index (χ1v) is 9.11. The lowest BCUT2D eigenvalue weighted by atomic mass is 10.3. The Morgan fingerprint density at radius 3 is 2.65 bits per heavy atom. The minimum absolute atomic E-state index is 0.212. The van der Waals surface area contributed by atoms with Crippen LogP contribution in [0.2, 0.25) is 0 Å². The Bertz CT molecular complexity index is 973. The molecule has 0 atom stereocenters. The van der Waals surface area contributed by atoms with Gasteiger partial charge < -0.3 is 5.32 Å². The van der Waals surface area contributed by atoms with E-state index in [9.17, 15) is 9.59 Å². The molecule has 1 aromatic carbocycles. The van der Waals surface area contributed by atoms with E-state index in [0.717, 1.165) is 11.5 Å². The summed E-state index contributed by atoms with van der Waals surface area (Å²) >= 11 is 1.39. The quantitative estimate of drug-likeness (QED) is 0.645. The van der Waals surface area contributed by atoms with Gasteiger partial charge in [0.15, 0.2) is 0 Å². The van der Waals surface area contributed by atoms with Crippen LogP contribution in [0.4, 0.5) is 5.69 Å². The molecule has 1 amide bonds.